The molecule has 0 spiro atoms. The first-order valence-electron chi connectivity index (χ1n) is 5.16. The molecule has 0 aliphatic heterocycles. The van der Waals surface area contributed by atoms with Gasteiger partial charge in [-0.05, 0) is 18.2 Å². The summed E-state index contributed by atoms with van der Waals surface area (Å²) in [5.74, 6) is 2.55. The highest BCUT2D eigenvalue weighted by atomic mass is 16.3. The van der Waals surface area contributed by atoms with Crippen LogP contribution in [-0.2, 0) is 0 Å². The number of aliphatic hydroxyl groups excluding tert-OH is 2. The van der Waals surface area contributed by atoms with Gasteiger partial charge in [-0.25, -0.2) is 0 Å². The Labute approximate surface area is 96.1 Å². The Hall–Kier alpha value is -1.50. The van der Waals surface area contributed by atoms with Crippen LogP contribution in [0.4, 0.5) is 5.69 Å². The number of anilines is 1. The van der Waals surface area contributed by atoms with Crippen molar-refractivity contribution in [2.45, 2.75) is 6.92 Å². The predicted octanol–water partition coefficient (Wildman–Crippen LogP) is 1.07. The zero-order chi connectivity index (χ0) is 12.0. The Kier molecular flexibility index (Phi) is 4.36. The van der Waals surface area contributed by atoms with E-state index in [4.69, 9.17) is 16.6 Å². The summed E-state index contributed by atoms with van der Waals surface area (Å²) in [6.07, 6.45) is 5.30. The van der Waals surface area contributed by atoms with Crippen molar-refractivity contribution >= 4 is 5.69 Å². The van der Waals surface area contributed by atoms with Gasteiger partial charge in [0.05, 0.1) is 13.2 Å². The van der Waals surface area contributed by atoms with Crippen molar-refractivity contribution in [2.75, 3.05) is 25.1 Å². The Morgan fingerprint density at radius 3 is 2.62 bits per heavy atom. The fourth-order valence-corrected chi connectivity index (χ4v) is 1.20. The van der Waals surface area contributed by atoms with E-state index in [0.717, 1.165) is 11.3 Å². The molecule has 0 aliphatic rings. The number of terminal acetylenes is 1. The molecule has 1 aromatic rings. The molecule has 0 heterocycles. The van der Waals surface area contributed by atoms with Crippen molar-refractivity contribution in [3.8, 4) is 12.3 Å². The molecule has 3 N–H and O–H groups in total. The Morgan fingerprint density at radius 2 is 2.06 bits per heavy atom. The Morgan fingerprint density at radius 1 is 1.38 bits per heavy atom. The van der Waals surface area contributed by atoms with Crippen molar-refractivity contribution in [3.05, 3.63) is 29.8 Å². The predicted molar refractivity (Wildman–Crippen MR) is 65.1 cm³/mol. The minimum Gasteiger partial charge on any atom is -0.396 e. The molecule has 0 radical (unpaired) electrons. The number of nitrogens with one attached hydrogen (secondary N) is 1. The van der Waals surface area contributed by atoms with Crippen molar-refractivity contribution in [1.82, 2.24) is 0 Å². The summed E-state index contributed by atoms with van der Waals surface area (Å²) in [5.41, 5.74) is 1.18. The molecule has 1 rings (SSSR count). The average Bonchev–Trinajstić information content (AvgIpc) is 2.36. The first-order chi connectivity index (χ1) is 7.63. The van der Waals surface area contributed by atoms with E-state index in [1.807, 2.05) is 31.2 Å². The maximum atomic E-state index is 9.13. The van der Waals surface area contributed by atoms with Gasteiger partial charge in [-0.3, -0.25) is 0 Å². The normalized spacial score (nSPS) is 10.9. The largest absolute Gasteiger partial charge is 0.396 e. The molecule has 0 bridgehead atoms. The third-order valence-corrected chi connectivity index (χ3v) is 2.51. The fraction of sp³-hybridized carbons (Fsp3) is 0.385. The molecule has 0 saturated heterocycles. The lowest BCUT2D eigenvalue weighted by Gasteiger charge is -2.25. The van der Waals surface area contributed by atoms with Gasteiger partial charge in [0.15, 0.2) is 0 Å². The number of aliphatic hydroxyl groups is 2. The van der Waals surface area contributed by atoms with Crippen LogP contribution in [0.3, 0.4) is 0 Å². The smallest absolute Gasteiger partial charge is 0.0523 e. The van der Waals surface area contributed by atoms with E-state index in [1.165, 1.54) is 0 Å². The second kappa shape index (κ2) is 5.55. The number of rotatable bonds is 5. The highest BCUT2D eigenvalue weighted by Crippen LogP contribution is 2.17. The minimum absolute atomic E-state index is 0.0642. The lowest BCUT2D eigenvalue weighted by molar-refractivity contribution is 0.0806. The Balaban J connectivity index is 2.64. The molecule has 0 amide bonds. The highest BCUT2D eigenvalue weighted by Gasteiger charge is 2.21. The SMILES string of the molecule is C#Cc1cccc(NCC(C)(CO)CO)c1. The fourth-order valence-electron chi connectivity index (χ4n) is 1.20. The molecule has 0 saturated carbocycles. The summed E-state index contributed by atoms with van der Waals surface area (Å²) < 4.78 is 0. The van der Waals surface area contributed by atoms with Gasteiger partial charge in [-0.15, -0.1) is 6.42 Å². The Bertz CT molecular complexity index is 378. The lowest BCUT2D eigenvalue weighted by atomic mass is 9.93. The van der Waals surface area contributed by atoms with E-state index in [2.05, 4.69) is 11.2 Å². The van der Waals surface area contributed by atoms with E-state index in [0.29, 0.717) is 6.54 Å². The van der Waals surface area contributed by atoms with E-state index in [1.54, 1.807) is 0 Å². The van der Waals surface area contributed by atoms with E-state index in [9.17, 15) is 0 Å². The van der Waals surface area contributed by atoms with Gasteiger partial charge in [0.2, 0.25) is 0 Å². The maximum absolute atomic E-state index is 9.13. The molecule has 0 fully saturated rings. The summed E-state index contributed by atoms with van der Waals surface area (Å²) in [5, 5.41) is 21.4. The maximum Gasteiger partial charge on any atom is 0.0523 e. The second-order valence-corrected chi connectivity index (χ2v) is 4.21. The van der Waals surface area contributed by atoms with Crippen LogP contribution < -0.4 is 5.32 Å². The van der Waals surface area contributed by atoms with Crippen molar-refractivity contribution < 1.29 is 10.2 Å². The van der Waals surface area contributed by atoms with Gasteiger partial charge in [-0.2, -0.15) is 0 Å². The zero-order valence-corrected chi connectivity index (χ0v) is 9.40. The van der Waals surface area contributed by atoms with Gasteiger partial charge in [0.25, 0.3) is 0 Å². The van der Waals surface area contributed by atoms with Crippen molar-refractivity contribution in [3.63, 3.8) is 0 Å². The summed E-state index contributed by atoms with van der Waals surface area (Å²) in [6.45, 7) is 2.18. The van der Waals surface area contributed by atoms with Crippen molar-refractivity contribution in [2.24, 2.45) is 5.41 Å². The molecule has 1 aromatic carbocycles. The number of hydrogen-bond acceptors (Lipinski definition) is 3. The summed E-state index contributed by atoms with van der Waals surface area (Å²) >= 11 is 0. The first-order valence-corrected chi connectivity index (χ1v) is 5.16. The standard InChI is InChI=1S/C13H17NO2/c1-3-11-5-4-6-12(7-11)14-8-13(2,9-15)10-16/h1,4-7,14-16H,8-10H2,2H3. The third kappa shape index (κ3) is 3.27. The molecule has 0 aliphatic carbocycles. The average molecular weight is 219 g/mol. The molecule has 16 heavy (non-hydrogen) atoms. The minimum atomic E-state index is -0.522. The van der Waals surface area contributed by atoms with Crippen molar-refractivity contribution in [1.29, 1.82) is 0 Å². The van der Waals surface area contributed by atoms with Crippen LogP contribution >= 0.6 is 0 Å². The number of benzene rings is 1. The van der Waals surface area contributed by atoms with Crippen LogP contribution in [0.5, 0.6) is 0 Å². The molecule has 86 valence electrons. The first kappa shape index (κ1) is 12.6. The van der Waals surface area contributed by atoms with Crippen LogP contribution in [0, 0.1) is 17.8 Å². The molecule has 0 unspecified atom stereocenters. The van der Waals surface area contributed by atoms with Gasteiger partial charge >= 0.3 is 0 Å². The van der Waals surface area contributed by atoms with E-state index < -0.39 is 5.41 Å². The molecule has 0 atom stereocenters. The monoisotopic (exact) mass is 219 g/mol. The van der Waals surface area contributed by atoms with Gasteiger partial charge in [-0.1, -0.05) is 18.9 Å². The molecular weight excluding hydrogens is 202 g/mol. The molecule has 3 nitrogen and oxygen atoms in total. The van der Waals surface area contributed by atoms with Gasteiger partial charge in [0, 0.05) is 23.2 Å². The topological polar surface area (TPSA) is 52.5 Å². The van der Waals surface area contributed by atoms with Crippen LogP contribution in [0.2, 0.25) is 0 Å². The van der Waals surface area contributed by atoms with Gasteiger partial charge in [0.1, 0.15) is 0 Å². The van der Waals surface area contributed by atoms with Crippen LogP contribution in [-0.4, -0.2) is 30.0 Å². The molecule has 0 aromatic heterocycles. The molecule has 3 heteroatoms. The zero-order valence-electron chi connectivity index (χ0n) is 9.40. The van der Waals surface area contributed by atoms with Crippen LogP contribution in [0.15, 0.2) is 24.3 Å². The van der Waals surface area contributed by atoms with Gasteiger partial charge < -0.3 is 15.5 Å². The third-order valence-electron chi connectivity index (χ3n) is 2.51. The summed E-state index contributed by atoms with van der Waals surface area (Å²) in [4.78, 5) is 0. The summed E-state index contributed by atoms with van der Waals surface area (Å²) in [7, 11) is 0. The van der Waals surface area contributed by atoms with Crippen LogP contribution in [0.25, 0.3) is 0 Å². The second-order valence-electron chi connectivity index (χ2n) is 4.21. The van der Waals surface area contributed by atoms with E-state index in [-0.39, 0.29) is 13.2 Å². The summed E-state index contributed by atoms with van der Waals surface area (Å²) in [6, 6.07) is 7.47. The molecular formula is C13H17NO2. The highest BCUT2D eigenvalue weighted by molar-refractivity contribution is 5.50. The van der Waals surface area contributed by atoms with Crippen LogP contribution in [0.1, 0.15) is 12.5 Å². The quantitative estimate of drug-likeness (QED) is 0.649. The number of hydrogen-bond donors (Lipinski definition) is 3. The lowest BCUT2D eigenvalue weighted by Crippen LogP contribution is -2.34. The van der Waals surface area contributed by atoms with E-state index >= 15 is 0 Å².